The standard InChI is InChI=1S/C9H15N4/c1-2-10-3-5-13(4-1)7-9-6-11-8-12-9/h6,8H,1-5,7H2,(H,11,12). The Morgan fingerprint density at radius 3 is 3.23 bits per heavy atom. The van der Waals surface area contributed by atoms with Crippen molar-refractivity contribution in [3.63, 3.8) is 0 Å². The summed E-state index contributed by atoms with van der Waals surface area (Å²) in [7, 11) is 0. The van der Waals surface area contributed by atoms with Gasteiger partial charge in [-0.3, -0.25) is 4.90 Å². The van der Waals surface area contributed by atoms with E-state index in [1.54, 1.807) is 6.33 Å². The molecule has 13 heavy (non-hydrogen) atoms. The van der Waals surface area contributed by atoms with Gasteiger partial charge in [-0.1, -0.05) is 0 Å². The SMILES string of the molecule is c1nc(CN2CCC[N]CC2)c[nH]1. The molecular weight excluding hydrogens is 164 g/mol. The Labute approximate surface area is 78.4 Å². The van der Waals surface area contributed by atoms with Crippen molar-refractivity contribution in [2.24, 2.45) is 0 Å². The Bertz CT molecular complexity index is 224. The van der Waals surface area contributed by atoms with Gasteiger partial charge in [-0.2, -0.15) is 0 Å². The topological polar surface area (TPSA) is 46.0 Å². The van der Waals surface area contributed by atoms with Gasteiger partial charge in [0, 0.05) is 32.4 Å². The molecule has 0 unspecified atom stereocenters. The van der Waals surface area contributed by atoms with E-state index >= 15 is 0 Å². The van der Waals surface area contributed by atoms with Gasteiger partial charge >= 0.3 is 0 Å². The van der Waals surface area contributed by atoms with Crippen LogP contribution in [0.15, 0.2) is 12.5 Å². The second-order valence-corrected chi connectivity index (χ2v) is 3.36. The molecule has 0 bridgehead atoms. The molecule has 1 saturated heterocycles. The van der Waals surface area contributed by atoms with Crippen molar-refractivity contribution in [1.82, 2.24) is 20.2 Å². The molecule has 1 aliphatic heterocycles. The fourth-order valence-corrected chi connectivity index (χ4v) is 1.61. The first-order chi connectivity index (χ1) is 6.45. The van der Waals surface area contributed by atoms with E-state index in [0.717, 1.165) is 38.4 Å². The number of hydrogen-bond acceptors (Lipinski definition) is 2. The second kappa shape index (κ2) is 4.39. The van der Waals surface area contributed by atoms with Crippen LogP contribution in [0, 0.1) is 0 Å². The lowest BCUT2D eigenvalue weighted by atomic mass is 10.3. The number of rotatable bonds is 2. The maximum Gasteiger partial charge on any atom is 0.0923 e. The molecule has 0 atom stereocenters. The summed E-state index contributed by atoms with van der Waals surface area (Å²) < 4.78 is 0. The minimum absolute atomic E-state index is 0.957. The van der Waals surface area contributed by atoms with Crippen LogP contribution in [0.1, 0.15) is 12.1 Å². The second-order valence-electron chi connectivity index (χ2n) is 3.36. The predicted octanol–water partition coefficient (Wildman–Crippen LogP) is 0.220. The van der Waals surface area contributed by atoms with Gasteiger partial charge in [0.1, 0.15) is 0 Å². The molecule has 4 heteroatoms. The van der Waals surface area contributed by atoms with Crippen LogP contribution in [-0.2, 0) is 6.54 Å². The van der Waals surface area contributed by atoms with Gasteiger partial charge in [0.2, 0.25) is 0 Å². The molecule has 0 saturated carbocycles. The summed E-state index contributed by atoms with van der Waals surface area (Å²) in [5.41, 5.74) is 1.13. The number of aromatic amines is 1. The van der Waals surface area contributed by atoms with Crippen molar-refractivity contribution in [3.8, 4) is 0 Å². The normalized spacial score (nSPS) is 20.0. The molecule has 1 fully saturated rings. The van der Waals surface area contributed by atoms with Gasteiger partial charge in [0.15, 0.2) is 0 Å². The van der Waals surface area contributed by atoms with E-state index < -0.39 is 0 Å². The van der Waals surface area contributed by atoms with E-state index in [9.17, 15) is 0 Å². The van der Waals surface area contributed by atoms with Gasteiger partial charge in [0.05, 0.1) is 12.0 Å². The monoisotopic (exact) mass is 179 g/mol. The Kier molecular flexibility index (Phi) is 2.94. The fourth-order valence-electron chi connectivity index (χ4n) is 1.61. The summed E-state index contributed by atoms with van der Waals surface area (Å²) in [6, 6.07) is 0. The maximum absolute atomic E-state index is 4.38. The molecular formula is C9H15N4. The van der Waals surface area contributed by atoms with E-state index in [2.05, 4.69) is 20.2 Å². The molecule has 2 heterocycles. The zero-order valence-corrected chi connectivity index (χ0v) is 7.74. The lowest BCUT2D eigenvalue weighted by molar-refractivity contribution is 0.281. The molecule has 1 aromatic rings. The first kappa shape index (κ1) is 8.72. The Hall–Kier alpha value is -0.870. The molecule has 1 aromatic heterocycles. The summed E-state index contributed by atoms with van der Waals surface area (Å²) in [4.78, 5) is 9.60. The minimum atomic E-state index is 0.957. The van der Waals surface area contributed by atoms with Crippen molar-refractivity contribution in [2.45, 2.75) is 13.0 Å². The molecule has 0 aromatic carbocycles. The third-order valence-corrected chi connectivity index (χ3v) is 2.31. The first-order valence-corrected chi connectivity index (χ1v) is 4.78. The lowest BCUT2D eigenvalue weighted by Gasteiger charge is -2.17. The molecule has 1 radical (unpaired) electrons. The van der Waals surface area contributed by atoms with Crippen LogP contribution < -0.4 is 5.32 Å². The smallest absolute Gasteiger partial charge is 0.0923 e. The summed E-state index contributed by atoms with van der Waals surface area (Å²) in [5, 5.41) is 4.38. The third-order valence-electron chi connectivity index (χ3n) is 2.31. The van der Waals surface area contributed by atoms with Gasteiger partial charge < -0.3 is 4.98 Å². The summed E-state index contributed by atoms with van der Waals surface area (Å²) in [5.74, 6) is 0. The highest BCUT2D eigenvalue weighted by molar-refractivity contribution is 4.94. The highest BCUT2D eigenvalue weighted by atomic mass is 15.2. The van der Waals surface area contributed by atoms with Crippen LogP contribution in [0.3, 0.4) is 0 Å². The van der Waals surface area contributed by atoms with Crippen LogP contribution in [0.5, 0.6) is 0 Å². The highest BCUT2D eigenvalue weighted by Crippen LogP contribution is 2.02. The average molecular weight is 179 g/mol. The number of hydrogen-bond donors (Lipinski definition) is 1. The number of imidazole rings is 1. The summed E-state index contributed by atoms with van der Waals surface area (Å²) >= 11 is 0. The van der Waals surface area contributed by atoms with Crippen LogP contribution in [-0.4, -0.2) is 41.0 Å². The van der Waals surface area contributed by atoms with Gasteiger partial charge in [0.25, 0.3) is 0 Å². The Balaban J connectivity index is 1.86. The average Bonchev–Trinajstić information content (AvgIpc) is 2.49. The van der Waals surface area contributed by atoms with E-state index in [-0.39, 0.29) is 0 Å². The number of aromatic nitrogens is 2. The van der Waals surface area contributed by atoms with Crippen LogP contribution in [0.25, 0.3) is 0 Å². The molecule has 0 amide bonds. The fraction of sp³-hybridized carbons (Fsp3) is 0.667. The van der Waals surface area contributed by atoms with E-state index in [1.165, 1.54) is 6.42 Å². The van der Waals surface area contributed by atoms with E-state index in [1.807, 2.05) is 6.20 Å². The first-order valence-electron chi connectivity index (χ1n) is 4.78. The van der Waals surface area contributed by atoms with Crippen LogP contribution in [0.2, 0.25) is 0 Å². The molecule has 0 aliphatic carbocycles. The Morgan fingerprint density at radius 2 is 2.38 bits per heavy atom. The van der Waals surface area contributed by atoms with Gasteiger partial charge in [-0.15, -0.1) is 0 Å². The van der Waals surface area contributed by atoms with Crippen molar-refractivity contribution in [1.29, 1.82) is 0 Å². The molecule has 2 rings (SSSR count). The zero-order valence-electron chi connectivity index (χ0n) is 7.74. The zero-order chi connectivity index (χ0) is 8.93. The van der Waals surface area contributed by atoms with Crippen molar-refractivity contribution >= 4 is 0 Å². The van der Waals surface area contributed by atoms with Crippen molar-refractivity contribution < 1.29 is 0 Å². The predicted molar refractivity (Wildman–Crippen MR) is 50.3 cm³/mol. The van der Waals surface area contributed by atoms with Gasteiger partial charge in [-0.05, 0) is 13.0 Å². The minimum Gasteiger partial charge on any atom is -0.351 e. The molecule has 1 N–H and O–H groups in total. The largest absolute Gasteiger partial charge is 0.351 e. The van der Waals surface area contributed by atoms with E-state index in [0.29, 0.717) is 0 Å². The summed E-state index contributed by atoms with van der Waals surface area (Å²) in [6.07, 6.45) is 4.88. The van der Waals surface area contributed by atoms with Gasteiger partial charge in [-0.25, -0.2) is 10.3 Å². The lowest BCUT2D eigenvalue weighted by Crippen LogP contribution is -2.26. The third kappa shape index (κ3) is 2.54. The van der Waals surface area contributed by atoms with Crippen molar-refractivity contribution in [2.75, 3.05) is 26.2 Å². The van der Waals surface area contributed by atoms with Crippen LogP contribution in [0.4, 0.5) is 0 Å². The highest BCUT2D eigenvalue weighted by Gasteiger charge is 2.09. The molecule has 1 aliphatic rings. The quantitative estimate of drug-likeness (QED) is 0.706. The molecule has 0 spiro atoms. The molecule has 71 valence electrons. The number of H-pyrrole nitrogens is 1. The summed E-state index contributed by atoms with van der Waals surface area (Å²) in [6.45, 7) is 5.18. The molecule has 4 nitrogen and oxygen atoms in total. The maximum atomic E-state index is 4.38. The Morgan fingerprint density at radius 1 is 1.38 bits per heavy atom. The number of nitrogens with one attached hydrogen (secondary N) is 1. The van der Waals surface area contributed by atoms with Crippen LogP contribution >= 0.6 is 0 Å². The van der Waals surface area contributed by atoms with Crippen molar-refractivity contribution in [3.05, 3.63) is 18.2 Å². The number of nitrogens with zero attached hydrogens (tertiary/aromatic N) is 3. The van der Waals surface area contributed by atoms with E-state index in [4.69, 9.17) is 0 Å².